The van der Waals surface area contributed by atoms with Crippen LogP contribution in [0.5, 0.6) is 23.0 Å². The third-order valence-corrected chi connectivity index (χ3v) is 16.1. The predicted octanol–water partition coefficient (Wildman–Crippen LogP) is 10.7. The van der Waals surface area contributed by atoms with Crippen molar-refractivity contribution in [1.29, 1.82) is 10.5 Å². The van der Waals surface area contributed by atoms with Crippen LogP contribution in [-0.2, 0) is 43.0 Å². The van der Waals surface area contributed by atoms with Crippen LogP contribution in [0.2, 0.25) is 0 Å². The van der Waals surface area contributed by atoms with Crippen molar-refractivity contribution >= 4 is 59.3 Å². The fourth-order valence-corrected chi connectivity index (χ4v) is 11.9. The van der Waals surface area contributed by atoms with Gasteiger partial charge in [-0.25, -0.2) is 9.59 Å². The molecule has 1 heterocycles. The van der Waals surface area contributed by atoms with E-state index in [0.29, 0.717) is 109 Å². The van der Waals surface area contributed by atoms with Gasteiger partial charge in [0, 0.05) is 12.2 Å². The first-order valence-electron chi connectivity index (χ1n) is 24.7. The monoisotopic (exact) mass is 1010 g/mol. The summed E-state index contributed by atoms with van der Waals surface area (Å²) in [7, 11) is 0. The summed E-state index contributed by atoms with van der Waals surface area (Å²) in [5.41, 5.74) is -0.101. The van der Waals surface area contributed by atoms with Crippen molar-refractivity contribution in [3.05, 3.63) is 71.5 Å². The van der Waals surface area contributed by atoms with Crippen molar-refractivity contribution in [3.8, 4) is 35.1 Å². The molecule has 2 aromatic rings. The number of allylic oxidation sites excluding steroid dienone is 1. The van der Waals surface area contributed by atoms with E-state index >= 15 is 0 Å². The Hall–Kier alpha value is -6.04. The van der Waals surface area contributed by atoms with Gasteiger partial charge in [0.15, 0.2) is 0 Å². The lowest BCUT2D eigenvalue weighted by atomic mass is 9.69. The Morgan fingerprint density at radius 3 is 1.32 bits per heavy atom. The number of benzene rings is 2. The molecule has 0 aromatic heterocycles. The number of hydrogen-bond donors (Lipinski definition) is 0. The second kappa shape index (κ2) is 28.1. The van der Waals surface area contributed by atoms with Crippen molar-refractivity contribution in [2.24, 2.45) is 35.5 Å². The molecule has 3 aliphatic carbocycles. The summed E-state index contributed by atoms with van der Waals surface area (Å²) in [4.78, 5) is 76.3. The molecule has 71 heavy (non-hydrogen) atoms. The first-order valence-corrected chi connectivity index (χ1v) is 26.3. The summed E-state index contributed by atoms with van der Waals surface area (Å²) in [6, 6.07) is 13.9. The third-order valence-electron chi connectivity index (χ3n) is 13.5. The van der Waals surface area contributed by atoms with E-state index in [-0.39, 0.29) is 59.3 Å². The first-order chi connectivity index (χ1) is 34.5. The third kappa shape index (κ3) is 16.2. The first kappa shape index (κ1) is 54.3. The van der Waals surface area contributed by atoms with E-state index in [9.17, 15) is 39.3 Å². The lowest BCUT2D eigenvalue weighted by molar-refractivity contribution is -0.151. The number of carbonyl (C=O) groups is 6. The average molecular weight is 1010 g/mol. The van der Waals surface area contributed by atoms with E-state index < -0.39 is 23.8 Å². The highest BCUT2D eigenvalue weighted by molar-refractivity contribution is 8.24. The van der Waals surface area contributed by atoms with E-state index in [1.54, 1.807) is 36.4 Å². The van der Waals surface area contributed by atoms with Gasteiger partial charge in [-0.05, 0) is 164 Å². The Morgan fingerprint density at radius 2 is 0.873 bits per heavy atom. The SMILES string of the molecule is C=CC(=O)OCCCCCCOc1ccc(OC(=O)C2CCC(C(=O)Oc3ccc(OC(=O)C4CCC(C5CCC(C(=O)OCCCCOC(=O)C=C)CC5)CC4)c4c3SC(=C(C#N)C#N)S4)CC2)cc1. The molecule has 378 valence electrons. The number of unbranched alkanes of at least 4 members (excludes halogenated alkanes) is 4. The molecule has 6 rings (SSSR count). The van der Waals surface area contributed by atoms with Gasteiger partial charge in [0.2, 0.25) is 0 Å². The molecule has 0 bridgehead atoms. The molecule has 17 heteroatoms. The maximum Gasteiger partial charge on any atom is 0.330 e. The number of carbonyl (C=O) groups excluding carboxylic acids is 6. The van der Waals surface area contributed by atoms with Crippen molar-refractivity contribution < 1.29 is 61.9 Å². The molecular formula is C54H62N2O13S2. The molecule has 0 radical (unpaired) electrons. The van der Waals surface area contributed by atoms with Crippen LogP contribution in [0.25, 0.3) is 0 Å². The van der Waals surface area contributed by atoms with Crippen LogP contribution in [0.3, 0.4) is 0 Å². The maximum absolute atomic E-state index is 13.7. The summed E-state index contributed by atoms with van der Waals surface area (Å²) in [6.07, 6.45) is 15.2. The van der Waals surface area contributed by atoms with Gasteiger partial charge in [0.25, 0.3) is 0 Å². The Labute approximate surface area is 424 Å². The standard InChI is InChI=1S/C54H62N2O13S2/c1-3-46(57)64-30-8-6-5-7-29-63-42-23-25-43(26-24-42)67-51(60)38-19-21-40(22-20-38)53(62)69-45-28-27-44(48-49(45)71-54(70-48)41(33-55)34-56)68-52(61)39-17-13-36(14-18-39)35-11-15-37(16-12-35)50(59)66-32-10-9-31-65-47(58)4-2/h3-4,23-28,35-40H,1-2,5-22,29-32H2. The largest absolute Gasteiger partial charge is 0.494 e. The van der Waals surface area contributed by atoms with Gasteiger partial charge in [-0.3, -0.25) is 19.2 Å². The molecule has 1 aliphatic heterocycles. The molecule has 3 saturated carbocycles. The van der Waals surface area contributed by atoms with E-state index in [1.807, 2.05) is 12.1 Å². The normalized spacial score (nSPS) is 21.4. The van der Waals surface area contributed by atoms with Crippen molar-refractivity contribution in [1.82, 2.24) is 0 Å². The average Bonchev–Trinajstić information content (AvgIpc) is 3.85. The molecule has 0 unspecified atom stereocenters. The summed E-state index contributed by atoms with van der Waals surface area (Å²) < 4.78 is 39.3. The topological polar surface area (TPSA) is 215 Å². The minimum atomic E-state index is -0.466. The van der Waals surface area contributed by atoms with Crippen LogP contribution < -0.4 is 18.9 Å². The summed E-state index contributed by atoms with van der Waals surface area (Å²) in [5, 5.41) is 19.4. The van der Waals surface area contributed by atoms with E-state index in [1.165, 1.54) is 0 Å². The number of nitriles is 2. The van der Waals surface area contributed by atoms with Gasteiger partial charge in [-0.2, -0.15) is 10.5 Å². The van der Waals surface area contributed by atoms with E-state index in [4.69, 9.17) is 33.2 Å². The lowest BCUT2D eigenvalue weighted by Gasteiger charge is -2.36. The number of thioether (sulfide) groups is 2. The summed E-state index contributed by atoms with van der Waals surface area (Å²) >= 11 is 2.26. The fraction of sp³-hybridized carbons (Fsp3) is 0.519. The van der Waals surface area contributed by atoms with Crippen LogP contribution in [0.1, 0.15) is 116 Å². The van der Waals surface area contributed by atoms with Gasteiger partial charge in [-0.1, -0.05) is 36.7 Å². The number of ether oxygens (including phenoxy) is 7. The van der Waals surface area contributed by atoms with E-state index in [0.717, 1.165) is 99.9 Å². The van der Waals surface area contributed by atoms with Gasteiger partial charge in [0.05, 0.1) is 64.1 Å². The zero-order valence-electron chi connectivity index (χ0n) is 40.1. The van der Waals surface area contributed by atoms with E-state index in [2.05, 4.69) is 13.2 Å². The second-order valence-electron chi connectivity index (χ2n) is 18.2. The molecule has 0 saturated heterocycles. The summed E-state index contributed by atoms with van der Waals surface area (Å²) in [6.45, 7) is 8.20. The molecule has 0 amide bonds. The highest BCUT2D eigenvalue weighted by Crippen LogP contribution is 2.59. The molecule has 0 atom stereocenters. The quantitative estimate of drug-likeness (QED) is 0.0253. The molecular weight excluding hydrogens is 949 g/mol. The van der Waals surface area contributed by atoms with Gasteiger partial charge in [-0.15, -0.1) is 0 Å². The fourth-order valence-electron chi connectivity index (χ4n) is 9.42. The molecule has 4 aliphatic rings. The van der Waals surface area contributed by atoms with Gasteiger partial charge < -0.3 is 33.2 Å². The predicted molar refractivity (Wildman–Crippen MR) is 263 cm³/mol. The van der Waals surface area contributed by atoms with Gasteiger partial charge in [0.1, 0.15) is 40.7 Å². The Balaban J connectivity index is 0.928. The Morgan fingerprint density at radius 1 is 0.493 bits per heavy atom. The minimum absolute atomic E-state index is 0.101. The van der Waals surface area contributed by atoms with Crippen LogP contribution in [0.4, 0.5) is 0 Å². The van der Waals surface area contributed by atoms with Crippen LogP contribution in [0.15, 0.2) is 81.3 Å². The number of hydrogen-bond acceptors (Lipinski definition) is 17. The van der Waals surface area contributed by atoms with Crippen LogP contribution >= 0.6 is 23.5 Å². The zero-order chi connectivity index (χ0) is 50.5. The molecule has 0 N–H and O–H groups in total. The highest BCUT2D eigenvalue weighted by Gasteiger charge is 2.38. The highest BCUT2D eigenvalue weighted by atomic mass is 32.2. The summed E-state index contributed by atoms with van der Waals surface area (Å²) in [5.74, 6) is -0.999. The van der Waals surface area contributed by atoms with Crippen molar-refractivity contribution in [2.75, 3.05) is 26.4 Å². The molecule has 3 fully saturated rings. The number of fused-ring (bicyclic) bond motifs is 1. The maximum atomic E-state index is 13.7. The molecule has 2 aromatic carbocycles. The zero-order valence-corrected chi connectivity index (χ0v) is 41.7. The minimum Gasteiger partial charge on any atom is -0.494 e. The number of nitrogens with zero attached hydrogens (tertiary/aromatic N) is 2. The Kier molecular flexibility index (Phi) is 21.5. The van der Waals surface area contributed by atoms with Crippen LogP contribution in [0, 0.1) is 58.2 Å². The molecule has 15 nitrogen and oxygen atoms in total. The smallest absolute Gasteiger partial charge is 0.330 e. The Bertz CT molecular complexity index is 2330. The number of esters is 6. The van der Waals surface area contributed by atoms with Gasteiger partial charge >= 0.3 is 35.8 Å². The number of rotatable bonds is 23. The van der Waals surface area contributed by atoms with Crippen molar-refractivity contribution in [2.45, 2.75) is 125 Å². The molecule has 0 spiro atoms. The second-order valence-corrected chi connectivity index (χ2v) is 20.5. The lowest BCUT2D eigenvalue weighted by Crippen LogP contribution is -2.31. The van der Waals surface area contributed by atoms with Crippen LogP contribution in [-0.4, -0.2) is 62.2 Å². The van der Waals surface area contributed by atoms with Crippen molar-refractivity contribution in [3.63, 3.8) is 0 Å².